The number of carbonyl (C=O) groups is 1. The monoisotopic (exact) mass is 289 g/mol. The van der Waals surface area contributed by atoms with E-state index in [2.05, 4.69) is 5.32 Å². The molecule has 0 saturated carbocycles. The van der Waals surface area contributed by atoms with Crippen molar-refractivity contribution in [3.63, 3.8) is 0 Å². The van der Waals surface area contributed by atoms with Crippen LogP contribution in [0.5, 0.6) is 0 Å². The smallest absolute Gasteiger partial charge is 0.265 e. The van der Waals surface area contributed by atoms with Crippen LogP contribution >= 0.6 is 11.3 Å². The minimum Gasteiger partial charge on any atom is -0.321 e. The second-order valence-corrected chi connectivity index (χ2v) is 6.22. The number of amides is 1. The van der Waals surface area contributed by atoms with E-state index in [0.717, 1.165) is 17.7 Å². The SMILES string of the molecule is O=C(Nc1ccc(F)cc1)c1cc2c(s1)CCCCC2. The molecule has 0 atom stereocenters. The van der Waals surface area contributed by atoms with Gasteiger partial charge in [0.2, 0.25) is 0 Å². The first kappa shape index (κ1) is 13.3. The average molecular weight is 289 g/mol. The summed E-state index contributed by atoms with van der Waals surface area (Å²) in [6.07, 6.45) is 5.87. The lowest BCUT2D eigenvalue weighted by atomic mass is 10.1. The Hall–Kier alpha value is -1.68. The Morgan fingerprint density at radius 2 is 1.85 bits per heavy atom. The number of nitrogens with one attached hydrogen (secondary N) is 1. The maximum absolute atomic E-state index is 12.8. The third kappa shape index (κ3) is 2.90. The van der Waals surface area contributed by atoms with Gasteiger partial charge in [-0.05, 0) is 61.6 Å². The Balaban J connectivity index is 1.75. The number of anilines is 1. The molecule has 4 heteroatoms. The molecule has 2 aromatic rings. The van der Waals surface area contributed by atoms with Crippen LogP contribution in [-0.2, 0) is 12.8 Å². The molecule has 0 radical (unpaired) electrons. The molecule has 0 saturated heterocycles. The summed E-state index contributed by atoms with van der Waals surface area (Å²) >= 11 is 1.59. The number of fused-ring (bicyclic) bond motifs is 1. The Morgan fingerprint density at radius 1 is 1.10 bits per heavy atom. The lowest BCUT2D eigenvalue weighted by molar-refractivity contribution is 0.103. The number of hydrogen-bond donors (Lipinski definition) is 1. The fourth-order valence-corrected chi connectivity index (χ4v) is 3.65. The van der Waals surface area contributed by atoms with E-state index < -0.39 is 0 Å². The summed E-state index contributed by atoms with van der Waals surface area (Å²) in [4.78, 5) is 14.3. The van der Waals surface area contributed by atoms with Crippen molar-refractivity contribution >= 4 is 22.9 Å². The second-order valence-electron chi connectivity index (χ2n) is 5.08. The van der Waals surface area contributed by atoms with Crippen molar-refractivity contribution in [2.24, 2.45) is 0 Å². The third-order valence-corrected chi connectivity index (χ3v) is 4.81. The van der Waals surface area contributed by atoms with E-state index >= 15 is 0 Å². The van der Waals surface area contributed by atoms with Gasteiger partial charge in [0.15, 0.2) is 0 Å². The molecular weight excluding hydrogens is 273 g/mol. The number of benzene rings is 1. The van der Waals surface area contributed by atoms with Crippen LogP contribution in [0.15, 0.2) is 30.3 Å². The second kappa shape index (κ2) is 5.75. The molecule has 20 heavy (non-hydrogen) atoms. The predicted octanol–water partition coefficient (Wildman–Crippen LogP) is 4.41. The summed E-state index contributed by atoms with van der Waals surface area (Å²) in [7, 11) is 0. The molecule has 2 nitrogen and oxygen atoms in total. The van der Waals surface area contributed by atoms with Gasteiger partial charge >= 0.3 is 0 Å². The van der Waals surface area contributed by atoms with Crippen LogP contribution in [0.25, 0.3) is 0 Å². The van der Waals surface area contributed by atoms with Crippen molar-refractivity contribution in [3.8, 4) is 0 Å². The van der Waals surface area contributed by atoms with Crippen molar-refractivity contribution in [1.29, 1.82) is 0 Å². The molecule has 0 aliphatic heterocycles. The molecule has 1 heterocycles. The minimum absolute atomic E-state index is 0.102. The van der Waals surface area contributed by atoms with Gasteiger partial charge in [-0.2, -0.15) is 0 Å². The number of aryl methyl sites for hydroxylation is 2. The normalized spacial score (nSPS) is 14.4. The first-order valence-electron chi connectivity index (χ1n) is 6.91. The lowest BCUT2D eigenvalue weighted by Gasteiger charge is -2.03. The Kier molecular flexibility index (Phi) is 3.83. The molecule has 0 fully saturated rings. The highest BCUT2D eigenvalue weighted by molar-refractivity contribution is 7.14. The van der Waals surface area contributed by atoms with E-state index in [-0.39, 0.29) is 11.7 Å². The van der Waals surface area contributed by atoms with Crippen LogP contribution in [0.2, 0.25) is 0 Å². The van der Waals surface area contributed by atoms with Gasteiger partial charge in [-0.3, -0.25) is 4.79 Å². The van der Waals surface area contributed by atoms with Crippen molar-refractivity contribution in [3.05, 3.63) is 51.5 Å². The van der Waals surface area contributed by atoms with Gasteiger partial charge in [0.1, 0.15) is 5.82 Å². The van der Waals surface area contributed by atoms with Crippen molar-refractivity contribution < 1.29 is 9.18 Å². The molecule has 0 bridgehead atoms. The molecule has 1 amide bonds. The first-order valence-corrected chi connectivity index (χ1v) is 7.72. The van der Waals surface area contributed by atoms with Gasteiger partial charge in [-0.25, -0.2) is 4.39 Å². The summed E-state index contributed by atoms with van der Waals surface area (Å²) in [5, 5.41) is 2.82. The average Bonchev–Trinajstić information content (AvgIpc) is 2.73. The Bertz CT molecular complexity index is 594. The Morgan fingerprint density at radius 3 is 2.65 bits per heavy atom. The molecule has 1 aromatic heterocycles. The topological polar surface area (TPSA) is 29.1 Å². The van der Waals surface area contributed by atoms with Crippen LogP contribution in [0.4, 0.5) is 10.1 Å². The van der Waals surface area contributed by atoms with E-state index in [9.17, 15) is 9.18 Å². The molecule has 3 rings (SSSR count). The van der Waals surface area contributed by atoms with Crippen molar-refractivity contribution in [2.45, 2.75) is 32.1 Å². The molecule has 1 aliphatic carbocycles. The summed E-state index contributed by atoms with van der Waals surface area (Å²) in [6, 6.07) is 7.86. The number of carbonyl (C=O) groups excluding carboxylic acids is 1. The van der Waals surface area contributed by atoms with Crippen LogP contribution in [0, 0.1) is 5.82 Å². The number of hydrogen-bond acceptors (Lipinski definition) is 2. The van der Waals surface area contributed by atoms with E-state index in [1.165, 1.54) is 41.8 Å². The molecule has 1 N–H and O–H groups in total. The van der Waals surface area contributed by atoms with Gasteiger partial charge in [-0.15, -0.1) is 11.3 Å². The van der Waals surface area contributed by atoms with E-state index in [4.69, 9.17) is 0 Å². The number of halogens is 1. The van der Waals surface area contributed by atoms with Crippen LogP contribution in [0.1, 0.15) is 39.4 Å². The molecule has 104 valence electrons. The summed E-state index contributed by atoms with van der Waals surface area (Å²) in [5.41, 5.74) is 1.96. The fraction of sp³-hybridized carbons (Fsp3) is 0.312. The molecule has 0 spiro atoms. The van der Waals surface area contributed by atoms with Gasteiger partial charge < -0.3 is 5.32 Å². The van der Waals surface area contributed by atoms with Crippen LogP contribution in [-0.4, -0.2) is 5.91 Å². The van der Waals surface area contributed by atoms with Gasteiger partial charge in [-0.1, -0.05) is 6.42 Å². The summed E-state index contributed by atoms with van der Waals surface area (Å²) in [5.74, 6) is -0.402. The van der Waals surface area contributed by atoms with Crippen molar-refractivity contribution in [1.82, 2.24) is 0 Å². The highest BCUT2D eigenvalue weighted by Gasteiger charge is 2.16. The quantitative estimate of drug-likeness (QED) is 0.815. The molecule has 0 unspecified atom stereocenters. The van der Waals surface area contributed by atoms with Crippen LogP contribution < -0.4 is 5.32 Å². The van der Waals surface area contributed by atoms with Gasteiger partial charge in [0.05, 0.1) is 4.88 Å². The van der Waals surface area contributed by atoms with E-state index in [1.807, 2.05) is 6.07 Å². The zero-order valence-corrected chi connectivity index (χ0v) is 11.9. The highest BCUT2D eigenvalue weighted by Crippen LogP contribution is 2.29. The first-order chi connectivity index (χ1) is 9.72. The minimum atomic E-state index is -0.300. The standard InChI is InChI=1S/C16H16FNOS/c17-12-6-8-13(9-7-12)18-16(19)15-10-11-4-2-1-3-5-14(11)20-15/h6-10H,1-5H2,(H,18,19). The summed E-state index contributed by atoms with van der Waals surface area (Å²) < 4.78 is 12.8. The maximum atomic E-state index is 12.8. The fourth-order valence-electron chi connectivity index (χ4n) is 2.51. The molecule has 1 aromatic carbocycles. The zero-order chi connectivity index (χ0) is 13.9. The van der Waals surface area contributed by atoms with Crippen LogP contribution in [0.3, 0.4) is 0 Å². The predicted molar refractivity (Wildman–Crippen MR) is 79.9 cm³/mol. The lowest BCUT2D eigenvalue weighted by Crippen LogP contribution is -2.10. The van der Waals surface area contributed by atoms with E-state index in [1.54, 1.807) is 23.5 Å². The number of rotatable bonds is 2. The van der Waals surface area contributed by atoms with Crippen molar-refractivity contribution in [2.75, 3.05) is 5.32 Å². The molecular formula is C16H16FNOS. The number of thiophene rings is 1. The highest BCUT2D eigenvalue weighted by atomic mass is 32.1. The Labute approximate surface area is 121 Å². The maximum Gasteiger partial charge on any atom is 0.265 e. The largest absolute Gasteiger partial charge is 0.321 e. The molecule has 1 aliphatic rings. The van der Waals surface area contributed by atoms with Gasteiger partial charge in [0, 0.05) is 10.6 Å². The zero-order valence-electron chi connectivity index (χ0n) is 11.1. The third-order valence-electron chi connectivity index (χ3n) is 3.57. The van der Waals surface area contributed by atoms with E-state index in [0.29, 0.717) is 5.69 Å². The summed E-state index contributed by atoms with van der Waals surface area (Å²) in [6.45, 7) is 0. The van der Waals surface area contributed by atoms with Gasteiger partial charge in [0.25, 0.3) is 5.91 Å².